The molecule has 3 nitrogen and oxygen atoms in total. The lowest BCUT2D eigenvalue weighted by molar-refractivity contribution is -0.125. The van der Waals surface area contributed by atoms with E-state index >= 15 is 0 Å². The Morgan fingerprint density at radius 1 is 1.25 bits per heavy atom. The molecule has 1 heterocycles. The first-order valence-electron chi connectivity index (χ1n) is 7.05. The number of allylic oxidation sites excluding steroid dienone is 2. The van der Waals surface area contributed by atoms with Crippen LogP contribution in [-0.4, -0.2) is 5.91 Å². The minimum absolute atomic E-state index is 0.0545. The van der Waals surface area contributed by atoms with Crippen molar-refractivity contribution < 1.29 is 4.79 Å². The Kier molecular flexibility index (Phi) is 5.13. The standard InChI is InChI=1S/C17H22N2O/c1-3-5-14(6-4-2)17(20)19-10-13-7-8-15-11-18-12-16(15)9-13/h3-4,7-9,14,18H,1-2,5-6,10-12H2,(H,19,20). The monoisotopic (exact) mass is 270 g/mol. The lowest BCUT2D eigenvalue weighted by Gasteiger charge is -2.13. The Morgan fingerprint density at radius 2 is 1.95 bits per heavy atom. The first-order valence-corrected chi connectivity index (χ1v) is 7.05. The molecule has 0 aliphatic carbocycles. The summed E-state index contributed by atoms with van der Waals surface area (Å²) in [5, 5.41) is 6.33. The highest BCUT2D eigenvalue weighted by atomic mass is 16.1. The van der Waals surface area contributed by atoms with Crippen LogP contribution in [0.15, 0.2) is 43.5 Å². The van der Waals surface area contributed by atoms with Crippen LogP contribution in [0.2, 0.25) is 0 Å². The summed E-state index contributed by atoms with van der Waals surface area (Å²) in [5.74, 6) is 0.0181. The molecule has 1 aromatic rings. The third kappa shape index (κ3) is 3.58. The van der Waals surface area contributed by atoms with Crippen LogP contribution in [0.3, 0.4) is 0 Å². The molecule has 0 aromatic heterocycles. The van der Waals surface area contributed by atoms with E-state index in [0.29, 0.717) is 19.4 Å². The van der Waals surface area contributed by atoms with Crippen molar-refractivity contribution in [3.8, 4) is 0 Å². The van der Waals surface area contributed by atoms with Gasteiger partial charge < -0.3 is 10.6 Å². The quantitative estimate of drug-likeness (QED) is 0.748. The molecule has 1 aliphatic heterocycles. The van der Waals surface area contributed by atoms with E-state index in [1.165, 1.54) is 11.1 Å². The average molecular weight is 270 g/mol. The van der Waals surface area contributed by atoms with Gasteiger partial charge in [0.2, 0.25) is 5.91 Å². The third-order valence-corrected chi connectivity index (χ3v) is 3.64. The van der Waals surface area contributed by atoms with E-state index in [9.17, 15) is 4.79 Å². The first kappa shape index (κ1) is 14.5. The van der Waals surface area contributed by atoms with Gasteiger partial charge in [0.15, 0.2) is 0 Å². The molecule has 2 N–H and O–H groups in total. The summed E-state index contributed by atoms with van der Waals surface area (Å²) >= 11 is 0. The molecule has 0 saturated heterocycles. The summed E-state index contributed by atoms with van der Waals surface area (Å²) in [5.41, 5.74) is 3.85. The number of fused-ring (bicyclic) bond motifs is 1. The molecule has 1 amide bonds. The van der Waals surface area contributed by atoms with Gasteiger partial charge >= 0.3 is 0 Å². The number of amides is 1. The maximum Gasteiger partial charge on any atom is 0.224 e. The summed E-state index contributed by atoms with van der Waals surface area (Å²) in [6.45, 7) is 9.85. The van der Waals surface area contributed by atoms with Crippen molar-refractivity contribution in [1.82, 2.24) is 10.6 Å². The Labute approximate surface area is 120 Å². The minimum atomic E-state index is -0.0545. The number of carbonyl (C=O) groups is 1. The maximum absolute atomic E-state index is 12.1. The molecule has 0 saturated carbocycles. The Hall–Kier alpha value is -1.87. The zero-order valence-electron chi connectivity index (χ0n) is 11.8. The Balaban J connectivity index is 1.92. The van der Waals surface area contributed by atoms with E-state index in [-0.39, 0.29) is 11.8 Å². The second-order valence-corrected chi connectivity index (χ2v) is 5.17. The van der Waals surface area contributed by atoms with Crippen molar-refractivity contribution in [2.45, 2.75) is 32.5 Å². The average Bonchev–Trinajstić information content (AvgIpc) is 2.92. The van der Waals surface area contributed by atoms with Crippen LogP contribution in [0.5, 0.6) is 0 Å². The van der Waals surface area contributed by atoms with Crippen LogP contribution in [0.25, 0.3) is 0 Å². The maximum atomic E-state index is 12.1. The zero-order chi connectivity index (χ0) is 14.4. The van der Waals surface area contributed by atoms with E-state index in [2.05, 4.69) is 42.0 Å². The molecule has 0 radical (unpaired) electrons. The Morgan fingerprint density at radius 3 is 2.65 bits per heavy atom. The van der Waals surface area contributed by atoms with Gasteiger partial charge in [-0.3, -0.25) is 4.79 Å². The van der Waals surface area contributed by atoms with Crippen LogP contribution in [0.4, 0.5) is 0 Å². The van der Waals surface area contributed by atoms with E-state index in [1.807, 2.05) is 0 Å². The molecular formula is C17H22N2O. The predicted molar refractivity (Wildman–Crippen MR) is 82.0 cm³/mol. The van der Waals surface area contributed by atoms with E-state index in [1.54, 1.807) is 12.2 Å². The third-order valence-electron chi connectivity index (χ3n) is 3.64. The number of hydrogen-bond acceptors (Lipinski definition) is 2. The van der Waals surface area contributed by atoms with Crippen LogP contribution < -0.4 is 10.6 Å². The molecule has 1 aromatic carbocycles. The SMILES string of the molecule is C=CCC(CC=C)C(=O)NCc1ccc2c(c1)CNC2. The molecular weight excluding hydrogens is 248 g/mol. The fraction of sp³-hybridized carbons (Fsp3) is 0.353. The highest BCUT2D eigenvalue weighted by molar-refractivity contribution is 5.79. The lowest BCUT2D eigenvalue weighted by Crippen LogP contribution is -2.29. The summed E-state index contributed by atoms with van der Waals surface area (Å²) in [6.07, 6.45) is 4.95. The number of rotatable bonds is 7. The minimum Gasteiger partial charge on any atom is -0.352 e. The largest absolute Gasteiger partial charge is 0.352 e. The van der Waals surface area contributed by atoms with Gasteiger partial charge in [0.1, 0.15) is 0 Å². The second-order valence-electron chi connectivity index (χ2n) is 5.17. The normalized spacial score (nSPS) is 13.1. The van der Waals surface area contributed by atoms with Gasteiger partial charge in [0.25, 0.3) is 0 Å². The molecule has 3 heteroatoms. The molecule has 1 aliphatic rings. The van der Waals surface area contributed by atoms with Crippen molar-refractivity contribution in [1.29, 1.82) is 0 Å². The van der Waals surface area contributed by atoms with Gasteiger partial charge in [0.05, 0.1) is 0 Å². The fourth-order valence-electron chi connectivity index (χ4n) is 2.50. The number of nitrogens with one attached hydrogen (secondary N) is 2. The van der Waals surface area contributed by atoms with Gasteiger partial charge in [0, 0.05) is 25.6 Å². The topological polar surface area (TPSA) is 41.1 Å². The van der Waals surface area contributed by atoms with Crippen molar-refractivity contribution in [2.75, 3.05) is 0 Å². The lowest BCUT2D eigenvalue weighted by atomic mass is 10.00. The van der Waals surface area contributed by atoms with Gasteiger partial charge in [-0.25, -0.2) is 0 Å². The van der Waals surface area contributed by atoms with Gasteiger partial charge in [-0.15, -0.1) is 13.2 Å². The molecule has 0 spiro atoms. The van der Waals surface area contributed by atoms with Crippen molar-refractivity contribution in [3.05, 3.63) is 60.2 Å². The first-order chi connectivity index (χ1) is 9.74. The molecule has 2 rings (SSSR count). The van der Waals surface area contributed by atoms with Crippen LogP contribution in [0.1, 0.15) is 29.5 Å². The number of benzene rings is 1. The molecule has 0 atom stereocenters. The van der Waals surface area contributed by atoms with E-state index in [0.717, 1.165) is 18.7 Å². The van der Waals surface area contributed by atoms with E-state index < -0.39 is 0 Å². The highest BCUT2D eigenvalue weighted by Crippen LogP contribution is 2.17. The van der Waals surface area contributed by atoms with Gasteiger partial charge in [-0.2, -0.15) is 0 Å². The number of carbonyl (C=O) groups excluding carboxylic acids is 1. The van der Waals surface area contributed by atoms with Crippen LogP contribution in [0, 0.1) is 5.92 Å². The molecule has 0 fully saturated rings. The van der Waals surface area contributed by atoms with Crippen LogP contribution in [-0.2, 0) is 24.4 Å². The van der Waals surface area contributed by atoms with Gasteiger partial charge in [-0.05, 0) is 29.5 Å². The molecule has 20 heavy (non-hydrogen) atoms. The summed E-state index contributed by atoms with van der Waals surface area (Å²) in [4.78, 5) is 12.1. The van der Waals surface area contributed by atoms with Crippen LogP contribution >= 0.6 is 0 Å². The second kappa shape index (κ2) is 7.06. The zero-order valence-corrected chi connectivity index (χ0v) is 11.8. The van der Waals surface area contributed by atoms with Gasteiger partial charge in [-0.1, -0.05) is 30.4 Å². The molecule has 0 bridgehead atoms. The van der Waals surface area contributed by atoms with Crippen molar-refractivity contribution in [2.24, 2.45) is 5.92 Å². The summed E-state index contributed by atoms with van der Waals surface area (Å²) in [7, 11) is 0. The Bertz CT molecular complexity index is 498. The summed E-state index contributed by atoms with van der Waals surface area (Å²) < 4.78 is 0. The fourth-order valence-corrected chi connectivity index (χ4v) is 2.50. The highest BCUT2D eigenvalue weighted by Gasteiger charge is 2.15. The predicted octanol–water partition coefficient (Wildman–Crippen LogP) is 2.67. The molecule has 106 valence electrons. The van der Waals surface area contributed by atoms with E-state index in [4.69, 9.17) is 0 Å². The van der Waals surface area contributed by atoms with Crippen molar-refractivity contribution >= 4 is 5.91 Å². The number of hydrogen-bond donors (Lipinski definition) is 2. The summed E-state index contributed by atoms with van der Waals surface area (Å²) in [6, 6.07) is 6.40. The smallest absolute Gasteiger partial charge is 0.224 e. The molecule has 0 unspecified atom stereocenters. The van der Waals surface area contributed by atoms with Crippen molar-refractivity contribution in [3.63, 3.8) is 0 Å².